The molecule has 0 amide bonds. The topological polar surface area (TPSA) is 53.9 Å². The quantitative estimate of drug-likeness (QED) is 0.733. The van der Waals surface area contributed by atoms with E-state index in [1.165, 1.54) is 16.7 Å². The van der Waals surface area contributed by atoms with Crippen molar-refractivity contribution in [3.8, 4) is 0 Å². The molecule has 0 aliphatic carbocycles. The first-order valence-corrected chi connectivity index (χ1v) is 8.44. The van der Waals surface area contributed by atoms with Crippen molar-refractivity contribution in [3.05, 3.63) is 65.4 Å². The summed E-state index contributed by atoms with van der Waals surface area (Å²) in [5.41, 5.74) is 5.68. The van der Waals surface area contributed by atoms with Crippen LogP contribution in [0.4, 0.5) is 23.1 Å². The molecule has 0 aliphatic heterocycles. The lowest BCUT2D eigenvalue weighted by molar-refractivity contribution is 0.886. The average molecular weight is 333 g/mol. The summed E-state index contributed by atoms with van der Waals surface area (Å²) < 4.78 is 0. The molecule has 0 saturated carbocycles. The monoisotopic (exact) mass is 333 g/mol. The first kappa shape index (κ1) is 16.9. The maximum absolute atomic E-state index is 4.65. The third-order valence-corrected chi connectivity index (χ3v) is 3.91. The lowest BCUT2D eigenvalue weighted by atomic mass is 10.1. The number of anilines is 4. The van der Waals surface area contributed by atoms with Crippen LogP contribution in [0, 0.1) is 20.8 Å². The van der Waals surface area contributed by atoms with Crippen LogP contribution in [-0.4, -0.2) is 21.7 Å². The van der Waals surface area contributed by atoms with Crippen LogP contribution in [0.2, 0.25) is 0 Å². The predicted molar refractivity (Wildman–Crippen MR) is 103 cm³/mol. The molecule has 1 aromatic heterocycles. The van der Waals surface area contributed by atoms with Gasteiger partial charge in [0.2, 0.25) is 0 Å². The lowest BCUT2D eigenvalue weighted by Crippen LogP contribution is -2.19. The molecule has 0 saturated heterocycles. The summed E-state index contributed by atoms with van der Waals surface area (Å²) in [7, 11) is 0. The summed E-state index contributed by atoms with van der Waals surface area (Å²) in [6.07, 6.45) is 1.64. The van der Waals surface area contributed by atoms with Crippen LogP contribution in [0.15, 0.2) is 48.7 Å². The van der Waals surface area contributed by atoms with Gasteiger partial charge < -0.3 is 10.2 Å². The molecule has 1 heterocycles. The van der Waals surface area contributed by atoms with Gasteiger partial charge in [-0.3, -0.25) is 0 Å². The molecule has 0 unspecified atom stereocenters. The smallest absolute Gasteiger partial charge is 0.251 e. The molecular formula is C20H23N5. The fraction of sp³-hybridized carbons (Fsp3) is 0.250. The van der Waals surface area contributed by atoms with E-state index < -0.39 is 0 Å². The van der Waals surface area contributed by atoms with Crippen LogP contribution in [0.25, 0.3) is 0 Å². The summed E-state index contributed by atoms with van der Waals surface area (Å²) in [5, 5.41) is 11.7. The third kappa shape index (κ3) is 4.12. The van der Waals surface area contributed by atoms with E-state index >= 15 is 0 Å². The van der Waals surface area contributed by atoms with E-state index in [9.17, 15) is 0 Å². The Labute approximate surface area is 148 Å². The van der Waals surface area contributed by atoms with E-state index in [0.717, 1.165) is 17.9 Å². The number of rotatable bonds is 5. The molecule has 3 aromatic rings. The van der Waals surface area contributed by atoms with Crippen LogP contribution in [-0.2, 0) is 0 Å². The Kier molecular flexibility index (Phi) is 4.93. The summed E-state index contributed by atoms with van der Waals surface area (Å²) in [4.78, 5) is 6.69. The highest BCUT2D eigenvalue weighted by Gasteiger charge is 2.12. The molecule has 128 valence electrons. The van der Waals surface area contributed by atoms with Crippen LogP contribution >= 0.6 is 0 Å². The Morgan fingerprint density at radius 2 is 1.72 bits per heavy atom. The van der Waals surface area contributed by atoms with E-state index in [0.29, 0.717) is 11.8 Å². The molecule has 3 rings (SSSR count). The van der Waals surface area contributed by atoms with Crippen LogP contribution in [0.5, 0.6) is 0 Å². The van der Waals surface area contributed by atoms with Crippen LogP contribution in [0.3, 0.4) is 0 Å². The molecule has 2 aromatic carbocycles. The Hall–Kier alpha value is -2.95. The first-order valence-electron chi connectivity index (χ1n) is 8.44. The van der Waals surface area contributed by atoms with Gasteiger partial charge in [0.05, 0.1) is 6.20 Å². The zero-order valence-corrected chi connectivity index (χ0v) is 15.1. The number of nitrogens with one attached hydrogen (secondary N) is 1. The molecule has 25 heavy (non-hydrogen) atoms. The standard InChI is InChI=1S/C20H23N5/c1-5-25(18-8-6-7-14(2)12-18)20-23-19(13-21-24-20)22-17-10-15(3)9-16(4)11-17/h6-13H,5H2,1-4H3,(H,22,23,24). The Morgan fingerprint density at radius 3 is 2.40 bits per heavy atom. The van der Waals surface area contributed by atoms with Crippen molar-refractivity contribution in [2.75, 3.05) is 16.8 Å². The van der Waals surface area contributed by atoms with Crippen molar-refractivity contribution in [1.29, 1.82) is 0 Å². The zero-order chi connectivity index (χ0) is 17.8. The largest absolute Gasteiger partial charge is 0.339 e. The summed E-state index contributed by atoms with van der Waals surface area (Å²) >= 11 is 0. The minimum atomic E-state index is 0.586. The molecule has 5 nitrogen and oxygen atoms in total. The first-order chi connectivity index (χ1) is 12.0. The minimum Gasteiger partial charge on any atom is -0.339 e. The van der Waals surface area contributed by atoms with Gasteiger partial charge in [-0.1, -0.05) is 18.2 Å². The fourth-order valence-electron chi connectivity index (χ4n) is 2.90. The molecule has 0 atom stereocenters. The number of hydrogen-bond acceptors (Lipinski definition) is 5. The summed E-state index contributed by atoms with van der Waals surface area (Å²) in [6, 6.07) is 14.6. The molecule has 0 radical (unpaired) electrons. The number of benzene rings is 2. The van der Waals surface area contributed by atoms with Gasteiger partial charge in [-0.2, -0.15) is 10.1 Å². The number of aryl methyl sites for hydroxylation is 3. The van der Waals surface area contributed by atoms with Gasteiger partial charge in [0.25, 0.3) is 5.95 Å². The predicted octanol–water partition coefficient (Wildman–Crippen LogP) is 4.70. The van der Waals surface area contributed by atoms with E-state index in [-0.39, 0.29) is 0 Å². The highest BCUT2D eigenvalue weighted by atomic mass is 15.3. The Bertz CT molecular complexity index is 855. The number of hydrogen-bond donors (Lipinski definition) is 1. The van der Waals surface area contributed by atoms with Crippen molar-refractivity contribution >= 4 is 23.1 Å². The minimum absolute atomic E-state index is 0.586. The fourth-order valence-corrected chi connectivity index (χ4v) is 2.90. The zero-order valence-electron chi connectivity index (χ0n) is 15.1. The normalized spacial score (nSPS) is 10.6. The van der Waals surface area contributed by atoms with E-state index in [4.69, 9.17) is 0 Å². The molecule has 1 N–H and O–H groups in total. The van der Waals surface area contributed by atoms with Crippen molar-refractivity contribution in [1.82, 2.24) is 15.2 Å². The van der Waals surface area contributed by atoms with E-state index in [2.05, 4.69) is 84.6 Å². The van der Waals surface area contributed by atoms with Crippen molar-refractivity contribution in [3.63, 3.8) is 0 Å². The maximum atomic E-state index is 4.65. The van der Waals surface area contributed by atoms with Gasteiger partial charge in [0, 0.05) is 17.9 Å². The lowest BCUT2D eigenvalue weighted by Gasteiger charge is -2.21. The second-order valence-corrected chi connectivity index (χ2v) is 6.23. The number of aromatic nitrogens is 3. The van der Waals surface area contributed by atoms with Crippen LogP contribution in [0.1, 0.15) is 23.6 Å². The van der Waals surface area contributed by atoms with Gasteiger partial charge in [-0.25, -0.2) is 0 Å². The summed E-state index contributed by atoms with van der Waals surface area (Å²) in [6.45, 7) is 9.08. The highest BCUT2D eigenvalue weighted by molar-refractivity contribution is 5.61. The molecule has 5 heteroatoms. The van der Waals surface area contributed by atoms with Crippen molar-refractivity contribution < 1.29 is 0 Å². The average Bonchev–Trinajstić information content (AvgIpc) is 2.55. The Morgan fingerprint density at radius 1 is 0.960 bits per heavy atom. The van der Waals surface area contributed by atoms with Gasteiger partial charge >= 0.3 is 0 Å². The van der Waals surface area contributed by atoms with Crippen molar-refractivity contribution in [2.45, 2.75) is 27.7 Å². The maximum Gasteiger partial charge on any atom is 0.251 e. The summed E-state index contributed by atoms with van der Waals surface area (Å²) in [5.74, 6) is 1.27. The molecule has 0 bridgehead atoms. The van der Waals surface area contributed by atoms with E-state index in [1.807, 2.05) is 11.0 Å². The van der Waals surface area contributed by atoms with Crippen molar-refractivity contribution in [2.24, 2.45) is 0 Å². The molecule has 0 spiro atoms. The molecule has 0 aliphatic rings. The molecular weight excluding hydrogens is 310 g/mol. The highest BCUT2D eigenvalue weighted by Crippen LogP contribution is 2.24. The SMILES string of the molecule is CCN(c1cccc(C)c1)c1nncc(Nc2cc(C)cc(C)c2)n1. The van der Waals surface area contributed by atoms with Gasteiger partial charge in [0.15, 0.2) is 5.82 Å². The van der Waals surface area contributed by atoms with Crippen LogP contribution < -0.4 is 10.2 Å². The molecule has 0 fully saturated rings. The van der Waals surface area contributed by atoms with E-state index in [1.54, 1.807) is 6.20 Å². The third-order valence-electron chi connectivity index (χ3n) is 3.91. The second kappa shape index (κ2) is 7.30. The van der Waals surface area contributed by atoms with Gasteiger partial charge in [-0.15, -0.1) is 5.10 Å². The second-order valence-electron chi connectivity index (χ2n) is 6.23. The Balaban J connectivity index is 1.89. The van der Waals surface area contributed by atoms with Gasteiger partial charge in [0.1, 0.15) is 0 Å². The number of nitrogens with zero attached hydrogens (tertiary/aromatic N) is 4. The van der Waals surface area contributed by atoms with Gasteiger partial charge in [-0.05, 0) is 68.7 Å².